The number of rotatable bonds is 5. The summed E-state index contributed by atoms with van der Waals surface area (Å²) in [6.07, 6.45) is 3.72. The van der Waals surface area contributed by atoms with Crippen LogP contribution < -0.4 is 5.32 Å². The summed E-state index contributed by atoms with van der Waals surface area (Å²) in [7, 11) is -1.60. The smallest absolute Gasteiger partial charge is 0.265 e. The molecule has 1 amide bonds. The molecule has 134 valence electrons. The highest BCUT2D eigenvalue weighted by Crippen LogP contribution is 2.29. The standard InChI is InChI=1S/C16H25N3O3S2/c1-17-12-13-4-9-18(10-5-13)16(20)15-14(6-11-23-15)24(21,22)19-7-2-3-8-19/h6,11,13,17H,2-5,7-10,12H2,1H3. The lowest BCUT2D eigenvalue weighted by molar-refractivity contribution is 0.0692. The van der Waals surface area contributed by atoms with Crippen LogP contribution in [0.4, 0.5) is 0 Å². The Morgan fingerprint density at radius 2 is 1.92 bits per heavy atom. The van der Waals surface area contributed by atoms with Gasteiger partial charge in [-0.05, 0) is 56.6 Å². The lowest BCUT2D eigenvalue weighted by atomic mass is 9.97. The van der Waals surface area contributed by atoms with Crippen molar-refractivity contribution in [2.75, 3.05) is 39.8 Å². The van der Waals surface area contributed by atoms with Crippen molar-refractivity contribution in [3.63, 3.8) is 0 Å². The number of nitrogens with one attached hydrogen (secondary N) is 1. The summed E-state index contributed by atoms with van der Waals surface area (Å²) in [5, 5.41) is 4.90. The maximum atomic E-state index is 12.8. The molecule has 0 saturated carbocycles. The van der Waals surface area contributed by atoms with Crippen molar-refractivity contribution in [3.05, 3.63) is 16.3 Å². The average Bonchev–Trinajstić information content (AvgIpc) is 3.27. The van der Waals surface area contributed by atoms with Gasteiger partial charge in [-0.25, -0.2) is 8.42 Å². The second-order valence-corrected chi connectivity index (χ2v) is 9.34. The van der Waals surface area contributed by atoms with E-state index in [0.29, 0.717) is 37.0 Å². The molecule has 2 aliphatic heterocycles. The first kappa shape index (κ1) is 17.8. The van der Waals surface area contributed by atoms with Gasteiger partial charge in [-0.2, -0.15) is 4.31 Å². The summed E-state index contributed by atoms with van der Waals surface area (Å²) in [5.41, 5.74) is 0. The molecule has 0 atom stereocenters. The minimum atomic E-state index is -3.54. The van der Waals surface area contributed by atoms with Crippen LogP contribution in [0, 0.1) is 5.92 Å². The maximum Gasteiger partial charge on any atom is 0.265 e. The van der Waals surface area contributed by atoms with Crippen molar-refractivity contribution in [2.45, 2.75) is 30.6 Å². The van der Waals surface area contributed by atoms with Crippen LogP contribution in [0.3, 0.4) is 0 Å². The number of piperidine rings is 1. The Labute approximate surface area is 147 Å². The van der Waals surface area contributed by atoms with Gasteiger partial charge in [0.05, 0.1) is 0 Å². The number of carbonyl (C=O) groups is 1. The lowest BCUT2D eigenvalue weighted by Crippen LogP contribution is -2.40. The molecule has 2 aliphatic rings. The molecule has 8 heteroatoms. The predicted molar refractivity (Wildman–Crippen MR) is 94.9 cm³/mol. The number of thiophene rings is 1. The molecule has 3 heterocycles. The highest BCUT2D eigenvalue weighted by atomic mass is 32.2. The van der Waals surface area contributed by atoms with Crippen molar-refractivity contribution in [2.24, 2.45) is 5.92 Å². The molecule has 24 heavy (non-hydrogen) atoms. The van der Waals surface area contributed by atoms with Crippen molar-refractivity contribution < 1.29 is 13.2 Å². The van der Waals surface area contributed by atoms with Crippen LogP contribution in [-0.4, -0.2) is 63.3 Å². The lowest BCUT2D eigenvalue weighted by Gasteiger charge is -2.32. The van der Waals surface area contributed by atoms with Gasteiger partial charge in [0.15, 0.2) is 0 Å². The third kappa shape index (κ3) is 3.51. The number of sulfonamides is 1. The topological polar surface area (TPSA) is 69.7 Å². The minimum Gasteiger partial charge on any atom is -0.338 e. The average molecular weight is 372 g/mol. The molecular weight excluding hydrogens is 346 g/mol. The second kappa shape index (κ2) is 7.51. The highest BCUT2D eigenvalue weighted by molar-refractivity contribution is 7.89. The summed E-state index contributed by atoms with van der Waals surface area (Å²) < 4.78 is 27.1. The van der Waals surface area contributed by atoms with Crippen LogP contribution in [0.5, 0.6) is 0 Å². The molecule has 1 N–H and O–H groups in total. The summed E-state index contributed by atoms with van der Waals surface area (Å²) >= 11 is 1.24. The third-order valence-electron chi connectivity index (χ3n) is 4.90. The predicted octanol–water partition coefficient (Wildman–Crippen LogP) is 1.60. The van der Waals surface area contributed by atoms with E-state index in [1.807, 2.05) is 7.05 Å². The van der Waals surface area contributed by atoms with Crippen LogP contribution in [0.15, 0.2) is 16.3 Å². The molecule has 0 aromatic carbocycles. The van der Waals surface area contributed by atoms with Gasteiger partial charge in [0.25, 0.3) is 5.91 Å². The molecule has 0 unspecified atom stereocenters. The van der Waals surface area contributed by atoms with Crippen molar-refractivity contribution in [3.8, 4) is 0 Å². The molecule has 6 nitrogen and oxygen atoms in total. The Hall–Kier alpha value is -0.960. The number of hydrogen-bond acceptors (Lipinski definition) is 5. The first-order chi connectivity index (χ1) is 11.5. The summed E-state index contributed by atoms with van der Waals surface area (Å²) in [6.45, 7) is 3.48. The molecule has 0 bridgehead atoms. The largest absolute Gasteiger partial charge is 0.338 e. The monoisotopic (exact) mass is 371 g/mol. The van der Waals surface area contributed by atoms with Gasteiger partial charge in [0.1, 0.15) is 9.77 Å². The van der Waals surface area contributed by atoms with E-state index in [2.05, 4.69) is 5.32 Å². The van der Waals surface area contributed by atoms with Gasteiger partial charge in [-0.1, -0.05) is 0 Å². The van der Waals surface area contributed by atoms with E-state index in [9.17, 15) is 13.2 Å². The van der Waals surface area contributed by atoms with E-state index in [1.54, 1.807) is 16.3 Å². The first-order valence-corrected chi connectivity index (χ1v) is 10.9. The highest BCUT2D eigenvalue weighted by Gasteiger charge is 2.34. The van der Waals surface area contributed by atoms with E-state index in [1.165, 1.54) is 15.6 Å². The van der Waals surface area contributed by atoms with Crippen LogP contribution in [0.25, 0.3) is 0 Å². The minimum absolute atomic E-state index is 0.134. The Morgan fingerprint density at radius 1 is 1.25 bits per heavy atom. The molecule has 3 rings (SSSR count). The first-order valence-electron chi connectivity index (χ1n) is 8.55. The summed E-state index contributed by atoms with van der Waals surface area (Å²) in [5.74, 6) is 0.459. The fraction of sp³-hybridized carbons (Fsp3) is 0.688. The fourth-order valence-electron chi connectivity index (χ4n) is 3.50. The van der Waals surface area contributed by atoms with Crippen molar-refractivity contribution in [1.82, 2.24) is 14.5 Å². The van der Waals surface area contributed by atoms with Gasteiger partial charge in [-0.3, -0.25) is 4.79 Å². The Kier molecular flexibility index (Phi) is 5.59. The van der Waals surface area contributed by atoms with Crippen molar-refractivity contribution >= 4 is 27.3 Å². The summed E-state index contributed by atoms with van der Waals surface area (Å²) in [6, 6.07) is 1.58. The molecule has 2 saturated heterocycles. The van der Waals surface area contributed by atoms with Gasteiger partial charge >= 0.3 is 0 Å². The van der Waals surface area contributed by atoms with E-state index >= 15 is 0 Å². The molecule has 0 spiro atoms. The van der Waals surface area contributed by atoms with Gasteiger partial charge in [-0.15, -0.1) is 11.3 Å². The fourth-order valence-corrected chi connectivity index (χ4v) is 6.38. The van der Waals surface area contributed by atoms with E-state index in [0.717, 1.165) is 32.2 Å². The Morgan fingerprint density at radius 3 is 2.54 bits per heavy atom. The van der Waals surface area contributed by atoms with Crippen LogP contribution >= 0.6 is 11.3 Å². The van der Waals surface area contributed by atoms with Crippen LogP contribution in [0.2, 0.25) is 0 Å². The number of nitrogens with zero attached hydrogens (tertiary/aromatic N) is 2. The Bertz CT molecular complexity index is 672. The molecule has 1 aromatic heterocycles. The molecule has 2 fully saturated rings. The van der Waals surface area contributed by atoms with E-state index in [-0.39, 0.29) is 10.8 Å². The quantitative estimate of drug-likeness (QED) is 0.854. The SMILES string of the molecule is CNCC1CCN(C(=O)c2sccc2S(=O)(=O)N2CCCC2)CC1. The molecule has 0 aliphatic carbocycles. The number of likely N-dealkylation sites (tertiary alicyclic amines) is 1. The molecule has 0 radical (unpaired) electrons. The van der Waals surface area contributed by atoms with Gasteiger partial charge < -0.3 is 10.2 Å². The number of amides is 1. The van der Waals surface area contributed by atoms with Crippen LogP contribution in [-0.2, 0) is 10.0 Å². The van der Waals surface area contributed by atoms with Crippen LogP contribution in [0.1, 0.15) is 35.4 Å². The third-order valence-corrected chi connectivity index (χ3v) is 7.87. The van der Waals surface area contributed by atoms with E-state index < -0.39 is 10.0 Å². The van der Waals surface area contributed by atoms with E-state index in [4.69, 9.17) is 0 Å². The maximum absolute atomic E-state index is 12.8. The zero-order chi connectivity index (χ0) is 17.2. The molecular formula is C16H25N3O3S2. The zero-order valence-electron chi connectivity index (χ0n) is 14.0. The van der Waals surface area contributed by atoms with Gasteiger partial charge in [0.2, 0.25) is 10.0 Å². The Balaban J connectivity index is 1.74. The van der Waals surface area contributed by atoms with Gasteiger partial charge in [0, 0.05) is 26.2 Å². The summed E-state index contributed by atoms with van der Waals surface area (Å²) in [4.78, 5) is 15.2. The molecule has 1 aromatic rings. The normalized spacial score (nSPS) is 20.6. The number of hydrogen-bond donors (Lipinski definition) is 1. The zero-order valence-corrected chi connectivity index (χ0v) is 15.7. The van der Waals surface area contributed by atoms with Crippen molar-refractivity contribution in [1.29, 1.82) is 0 Å². The number of carbonyl (C=O) groups excluding carboxylic acids is 1. The second-order valence-electron chi connectivity index (χ2n) is 6.52.